The number of aryl methyl sites for hydroxylation is 1. The third-order valence-electron chi connectivity index (χ3n) is 3.96. The van der Waals surface area contributed by atoms with Crippen LogP contribution in [0.5, 0.6) is 0 Å². The van der Waals surface area contributed by atoms with Crippen LogP contribution >= 0.6 is 0 Å². The summed E-state index contributed by atoms with van der Waals surface area (Å²) in [7, 11) is 0. The maximum atomic E-state index is 14.3. The van der Waals surface area contributed by atoms with Crippen LogP contribution in [0.1, 0.15) is 37.5 Å². The molecule has 4 nitrogen and oxygen atoms in total. The zero-order chi connectivity index (χ0) is 17.4. The Morgan fingerprint density at radius 1 is 1.22 bits per heavy atom. The number of fused-ring (bicyclic) bond motifs is 1. The molecular formula is C17H20F2N2O2. The fourth-order valence-electron chi connectivity index (χ4n) is 2.81. The molecule has 0 aliphatic carbocycles. The topological polar surface area (TPSA) is 63.4 Å². The molecule has 0 saturated heterocycles. The Kier molecular flexibility index (Phi) is 4.54. The lowest BCUT2D eigenvalue weighted by molar-refractivity contribution is -0.00251. The Bertz CT molecular complexity index is 792. The van der Waals surface area contributed by atoms with Crippen molar-refractivity contribution in [3.8, 4) is 0 Å². The van der Waals surface area contributed by atoms with Crippen molar-refractivity contribution in [2.75, 3.05) is 17.2 Å². The van der Waals surface area contributed by atoms with Gasteiger partial charge in [0.05, 0.1) is 6.54 Å². The molecule has 2 N–H and O–H groups in total. The predicted molar refractivity (Wildman–Crippen MR) is 87.9 cm³/mol. The highest BCUT2D eigenvalue weighted by atomic mass is 19.3. The van der Waals surface area contributed by atoms with Gasteiger partial charge in [-0.15, -0.1) is 0 Å². The van der Waals surface area contributed by atoms with Crippen molar-refractivity contribution in [2.45, 2.75) is 39.7 Å². The van der Waals surface area contributed by atoms with Crippen molar-refractivity contribution >= 4 is 11.4 Å². The van der Waals surface area contributed by atoms with Crippen molar-refractivity contribution < 1.29 is 8.78 Å². The van der Waals surface area contributed by atoms with Crippen LogP contribution in [0.25, 0.3) is 0 Å². The number of anilines is 2. The average Bonchev–Trinajstić information content (AvgIpc) is 2.55. The molecule has 0 saturated carbocycles. The van der Waals surface area contributed by atoms with Crippen LogP contribution in [0.2, 0.25) is 0 Å². The number of hydrogen-bond donors (Lipinski definition) is 1. The molecule has 2 aromatic carbocycles. The third-order valence-corrected chi connectivity index (χ3v) is 3.96. The zero-order valence-corrected chi connectivity index (χ0v) is 13.5. The molecule has 1 heterocycles. The van der Waals surface area contributed by atoms with Gasteiger partial charge in [-0.25, -0.2) is 0 Å². The molecule has 2 aromatic rings. The van der Waals surface area contributed by atoms with Crippen LogP contribution < -0.4 is 21.5 Å². The zero-order valence-electron chi connectivity index (χ0n) is 13.5. The molecule has 1 aliphatic rings. The Morgan fingerprint density at radius 2 is 1.87 bits per heavy atom. The summed E-state index contributed by atoms with van der Waals surface area (Å²) in [6.07, 6.45) is 0.737. The predicted octanol–water partition coefficient (Wildman–Crippen LogP) is 2.57. The lowest BCUT2D eigenvalue weighted by Gasteiger charge is -2.36. The number of halogens is 2. The molecular weight excluding hydrogens is 302 g/mol. The van der Waals surface area contributed by atoms with Crippen molar-refractivity contribution in [1.29, 1.82) is 0 Å². The second-order valence-corrected chi connectivity index (χ2v) is 5.33. The normalized spacial score (nSPS) is 15.8. The summed E-state index contributed by atoms with van der Waals surface area (Å²) >= 11 is 0. The van der Waals surface area contributed by atoms with E-state index in [0.717, 1.165) is 12.0 Å². The average molecular weight is 322 g/mol. The Labute approximate surface area is 133 Å². The van der Waals surface area contributed by atoms with E-state index >= 15 is 0 Å². The fraction of sp³-hybridized carbons (Fsp3) is 0.412. The lowest BCUT2D eigenvalue weighted by Crippen LogP contribution is -2.48. The van der Waals surface area contributed by atoms with E-state index in [1.54, 1.807) is 12.1 Å². The number of alkyl halides is 2. The van der Waals surface area contributed by atoms with E-state index in [-0.39, 0.29) is 23.5 Å². The van der Waals surface area contributed by atoms with Gasteiger partial charge < -0.3 is 10.6 Å². The van der Waals surface area contributed by atoms with Gasteiger partial charge in [-0.2, -0.15) is 8.78 Å². The van der Waals surface area contributed by atoms with Gasteiger partial charge in [-0.3, -0.25) is 9.59 Å². The first-order valence-electron chi connectivity index (χ1n) is 7.69. The largest absolute Gasteiger partial charge is 0.394 e. The maximum Gasteiger partial charge on any atom is 0.290 e. The van der Waals surface area contributed by atoms with E-state index in [2.05, 4.69) is 0 Å². The maximum absolute atomic E-state index is 14.3. The Morgan fingerprint density at radius 3 is 2.43 bits per heavy atom. The second kappa shape index (κ2) is 6.10. The van der Waals surface area contributed by atoms with E-state index in [0.29, 0.717) is 5.56 Å². The molecule has 0 amide bonds. The van der Waals surface area contributed by atoms with Crippen molar-refractivity contribution in [3.63, 3.8) is 0 Å². The summed E-state index contributed by atoms with van der Waals surface area (Å²) < 4.78 is 28.5. The fourth-order valence-corrected chi connectivity index (χ4v) is 2.81. The Hall–Kier alpha value is -2.24. The highest BCUT2D eigenvalue weighted by molar-refractivity contribution is 5.73. The van der Waals surface area contributed by atoms with Crippen LogP contribution in [0, 0.1) is 0 Å². The van der Waals surface area contributed by atoms with Gasteiger partial charge >= 0.3 is 0 Å². The number of nitrogens with two attached hydrogens (primary N) is 1. The molecule has 0 unspecified atom stereocenters. The Balaban J connectivity index is 0.000000924. The molecule has 0 atom stereocenters. The summed E-state index contributed by atoms with van der Waals surface area (Å²) in [5.41, 5.74) is 5.01. The van der Waals surface area contributed by atoms with E-state index < -0.39 is 23.3 Å². The molecule has 0 aromatic heterocycles. The first kappa shape index (κ1) is 17.1. The quantitative estimate of drug-likeness (QED) is 0.863. The second-order valence-electron chi connectivity index (χ2n) is 5.33. The molecule has 23 heavy (non-hydrogen) atoms. The highest BCUT2D eigenvalue weighted by Crippen LogP contribution is 2.39. The summed E-state index contributed by atoms with van der Waals surface area (Å²) in [6, 6.07) is 4.85. The number of nitrogen functional groups attached to an aromatic ring is 1. The monoisotopic (exact) mass is 322 g/mol. The number of benzene rings is 1. The first-order valence-corrected chi connectivity index (χ1v) is 7.69. The third kappa shape index (κ3) is 2.73. The molecule has 0 fully saturated rings. The van der Waals surface area contributed by atoms with E-state index in [1.807, 2.05) is 20.8 Å². The number of hydrogen-bond acceptors (Lipinski definition) is 4. The van der Waals surface area contributed by atoms with Crippen LogP contribution in [-0.2, 0) is 18.9 Å². The van der Waals surface area contributed by atoms with E-state index in [9.17, 15) is 18.4 Å². The van der Waals surface area contributed by atoms with Gasteiger partial charge in [0.25, 0.3) is 16.8 Å². The molecule has 6 heteroatoms. The van der Waals surface area contributed by atoms with Gasteiger partial charge in [0.1, 0.15) is 11.4 Å². The minimum atomic E-state index is -3.08. The van der Waals surface area contributed by atoms with Crippen molar-refractivity contribution in [3.05, 3.63) is 55.3 Å². The van der Waals surface area contributed by atoms with Crippen molar-refractivity contribution in [1.82, 2.24) is 0 Å². The first-order chi connectivity index (χ1) is 10.8. The minimum absolute atomic E-state index is 0.0202. The molecule has 124 valence electrons. The smallest absolute Gasteiger partial charge is 0.290 e. The number of rotatable bonds is 2. The number of nitrogens with zero attached hydrogens (tertiary/aromatic N) is 1. The van der Waals surface area contributed by atoms with Gasteiger partial charge in [0.15, 0.2) is 0 Å². The molecule has 0 spiro atoms. The highest BCUT2D eigenvalue weighted by Gasteiger charge is 2.42. The SMILES string of the molecule is CC.CCc1ccc2c(c1)CN(c1c(N)c(=O)c1=O)CC2(F)F. The summed E-state index contributed by atoms with van der Waals surface area (Å²) in [4.78, 5) is 23.9. The van der Waals surface area contributed by atoms with Crippen LogP contribution in [-0.4, -0.2) is 6.54 Å². The van der Waals surface area contributed by atoms with Gasteiger partial charge in [0, 0.05) is 12.1 Å². The molecule has 3 rings (SSSR count). The van der Waals surface area contributed by atoms with Gasteiger partial charge in [-0.1, -0.05) is 39.0 Å². The van der Waals surface area contributed by atoms with Gasteiger partial charge in [-0.05, 0) is 17.5 Å². The molecule has 0 radical (unpaired) electrons. The van der Waals surface area contributed by atoms with E-state index in [1.165, 1.54) is 11.0 Å². The van der Waals surface area contributed by atoms with Crippen molar-refractivity contribution in [2.24, 2.45) is 0 Å². The summed E-state index contributed by atoms with van der Waals surface area (Å²) in [6.45, 7) is 5.46. The standard InChI is InChI=1S/C15H14F2N2O2.C2H6/c1-2-8-3-4-10-9(5-8)6-19(7-15(10,16)17)12-11(18)13(20)14(12)21;1-2/h3-5H,2,6-7,18H2,1H3;1-2H3. The van der Waals surface area contributed by atoms with Crippen LogP contribution in [0.3, 0.4) is 0 Å². The van der Waals surface area contributed by atoms with Crippen LogP contribution in [0.15, 0.2) is 27.8 Å². The van der Waals surface area contributed by atoms with E-state index in [4.69, 9.17) is 5.73 Å². The minimum Gasteiger partial charge on any atom is -0.394 e. The molecule has 0 bridgehead atoms. The summed E-state index contributed by atoms with van der Waals surface area (Å²) in [5.74, 6) is -3.08. The lowest BCUT2D eigenvalue weighted by atomic mass is 9.93. The molecule has 1 aliphatic heterocycles. The summed E-state index contributed by atoms with van der Waals surface area (Å²) in [5, 5.41) is 0. The van der Waals surface area contributed by atoms with Gasteiger partial charge in [0.2, 0.25) is 0 Å². The van der Waals surface area contributed by atoms with Crippen LogP contribution in [0.4, 0.5) is 20.2 Å².